The van der Waals surface area contributed by atoms with Crippen LogP contribution >= 0.6 is 11.6 Å². The van der Waals surface area contributed by atoms with Crippen molar-refractivity contribution in [2.45, 2.75) is 38.8 Å². The number of amides is 1. The largest absolute Gasteiger partial charge is 0.422 e. The molecule has 0 aromatic carbocycles. The molecule has 0 aliphatic rings. The van der Waals surface area contributed by atoms with Gasteiger partial charge in [0, 0.05) is 26.4 Å². The Hall–Kier alpha value is -0.863. The fourth-order valence-corrected chi connectivity index (χ4v) is 2.23. The summed E-state index contributed by atoms with van der Waals surface area (Å²) in [5.74, 6) is -1.38. The molecule has 1 amide bonds. The number of nitrogens with zero attached hydrogens (tertiary/aromatic N) is 2. The van der Waals surface area contributed by atoms with Gasteiger partial charge in [-0.3, -0.25) is 4.79 Å². The summed E-state index contributed by atoms with van der Waals surface area (Å²) in [6.45, 7) is 10.4. The fourth-order valence-electron chi connectivity index (χ4n) is 1.29. The van der Waals surface area contributed by atoms with Crippen molar-refractivity contribution in [3.63, 3.8) is 0 Å². The van der Waals surface area contributed by atoms with Gasteiger partial charge >= 0.3 is 6.18 Å². The second-order valence-corrected chi connectivity index (χ2v) is 11.8. The van der Waals surface area contributed by atoms with Crippen molar-refractivity contribution in [3.8, 4) is 0 Å². The highest BCUT2D eigenvalue weighted by Crippen LogP contribution is 2.31. The standard InChI is InChI=1S/C12H20ClF3N2O2Si/c1-9(13)10(12(14,15)16)11(19)18(17-2)8-20-6-7-21(3,4)5/h2,6-8H2,1,3-5H3/b10-9-. The van der Waals surface area contributed by atoms with Gasteiger partial charge in [0.1, 0.15) is 12.3 Å². The first kappa shape index (κ1) is 20.1. The van der Waals surface area contributed by atoms with Crippen LogP contribution in [0.15, 0.2) is 15.7 Å². The normalized spacial score (nSPS) is 13.7. The zero-order valence-corrected chi connectivity index (χ0v) is 14.3. The predicted molar refractivity (Wildman–Crippen MR) is 80.0 cm³/mol. The van der Waals surface area contributed by atoms with E-state index in [9.17, 15) is 18.0 Å². The predicted octanol–water partition coefficient (Wildman–Crippen LogP) is 3.82. The highest BCUT2D eigenvalue weighted by atomic mass is 35.5. The van der Waals surface area contributed by atoms with Crippen LogP contribution in [0.3, 0.4) is 0 Å². The summed E-state index contributed by atoms with van der Waals surface area (Å²) in [6, 6.07) is 0.822. The van der Waals surface area contributed by atoms with Gasteiger partial charge in [0.2, 0.25) is 0 Å². The molecule has 0 aromatic rings. The molecule has 0 heterocycles. The van der Waals surface area contributed by atoms with Crippen molar-refractivity contribution in [1.82, 2.24) is 5.01 Å². The van der Waals surface area contributed by atoms with Crippen molar-refractivity contribution in [2.24, 2.45) is 5.10 Å². The maximum Gasteiger partial charge on any atom is 0.422 e. The Labute approximate surface area is 128 Å². The summed E-state index contributed by atoms with van der Waals surface area (Å²) in [7, 11) is -1.32. The van der Waals surface area contributed by atoms with Gasteiger partial charge in [-0.2, -0.15) is 18.3 Å². The molecular formula is C12H20ClF3N2O2Si. The van der Waals surface area contributed by atoms with E-state index in [0.29, 0.717) is 11.6 Å². The van der Waals surface area contributed by atoms with Crippen LogP contribution in [0.25, 0.3) is 0 Å². The van der Waals surface area contributed by atoms with Crippen LogP contribution in [0.1, 0.15) is 6.92 Å². The first-order valence-electron chi connectivity index (χ1n) is 6.20. The van der Waals surface area contributed by atoms with Gasteiger partial charge in [0.05, 0.1) is 0 Å². The number of hydrazone groups is 1. The summed E-state index contributed by atoms with van der Waals surface area (Å²) in [5.41, 5.74) is -1.47. The second-order valence-electron chi connectivity index (χ2n) is 5.60. The minimum atomic E-state index is -4.86. The number of hydrogen-bond donors (Lipinski definition) is 0. The number of carbonyl (C=O) groups excluding carboxylic acids is 1. The van der Waals surface area contributed by atoms with Crippen LogP contribution in [-0.4, -0.2) is 45.2 Å². The van der Waals surface area contributed by atoms with Crippen molar-refractivity contribution in [3.05, 3.63) is 10.6 Å². The topological polar surface area (TPSA) is 41.9 Å². The Morgan fingerprint density at radius 3 is 2.24 bits per heavy atom. The lowest BCUT2D eigenvalue weighted by Gasteiger charge is -2.21. The van der Waals surface area contributed by atoms with Crippen LogP contribution in [0.4, 0.5) is 13.2 Å². The van der Waals surface area contributed by atoms with Crippen molar-refractivity contribution >= 4 is 32.3 Å². The van der Waals surface area contributed by atoms with Crippen molar-refractivity contribution < 1.29 is 22.7 Å². The Morgan fingerprint density at radius 1 is 1.38 bits per heavy atom. The SMILES string of the molecule is C=NN(COCC[Si](C)(C)C)C(=O)/C(=C(\C)Cl)C(F)(F)F. The maximum absolute atomic E-state index is 12.8. The number of allylic oxidation sites excluding steroid dienone is 1. The zero-order valence-electron chi connectivity index (χ0n) is 12.6. The molecule has 0 aliphatic heterocycles. The number of alkyl halides is 3. The lowest BCUT2D eigenvalue weighted by Crippen LogP contribution is -2.35. The van der Waals surface area contributed by atoms with Gasteiger partial charge in [0.25, 0.3) is 5.91 Å². The first-order chi connectivity index (χ1) is 9.40. The lowest BCUT2D eigenvalue weighted by atomic mass is 10.2. The Bertz CT molecular complexity index is 416. The van der Waals surface area contributed by atoms with E-state index >= 15 is 0 Å². The van der Waals surface area contributed by atoms with Crippen LogP contribution in [-0.2, 0) is 9.53 Å². The Kier molecular flexibility index (Phi) is 7.62. The van der Waals surface area contributed by atoms with E-state index in [-0.39, 0.29) is 0 Å². The summed E-state index contributed by atoms with van der Waals surface area (Å²) in [5, 5.41) is 3.13. The molecule has 122 valence electrons. The molecule has 0 rings (SSSR count). The molecule has 0 aromatic heterocycles. The molecule has 9 heteroatoms. The van der Waals surface area contributed by atoms with E-state index in [1.165, 1.54) is 0 Å². The number of carbonyl (C=O) groups is 1. The molecule has 0 N–H and O–H groups in total. The number of hydrogen-bond acceptors (Lipinski definition) is 3. The highest BCUT2D eigenvalue weighted by molar-refractivity contribution is 6.76. The summed E-state index contributed by atoms with van der Waals surface area (Å²) in [6.07, 6.45) is -4.86. The van der Waals surface area contributed by atoms with E-state index in [0.717, 1.165) is 13.0 Å². The van der Waals surface area contributed by atoms with Gasteiger partial charge < -0.3 is 4.74 Å². The van der Waals surface area contributed by atoms with Gasteiger partial charge in [-0.25, -0.2) is 5.01 Å². The molecule has 0 atom stereocenters. The maximum atomic E-state index is 12.8. The average Bonchev–Trinajstić information content (AvgIpc) is 2.24. The van der Waals surface area contributed by atoms with Gasteiger partial charge in [-0.05, 0) is 13.0 Å². The first-order valence-corrected chi connectivity index (χ1v) is 10.3. The van der Waals surface area contributed by atoms with Crippen LogP contribution in [0.2, 0.25) is 25.7 Å². The summed E-state index contributed by atoms with van der Waals surface area (Å²) in [4.78, 5) is 11.8. The number of halogens is 4. The van der Waals surface area contributed by atoms with Gasteiger partial charge in [-0.15, -0.1) is 0 Å². The smallest absolute Gasteiger partial charge is 0.359 e. The minimum absolute atomic E-state index is 0.347. The average molecular weight is 345 g/mol. The van der Waals surface area contributed by atoms with E-state index in [4.69, 9.17) is 16.3 Å². The summed E-state index contributed by atoms with van der Waals surface area (Å²) >= 11 is 5.36. The quantitative estimate of drug-likeness (QED) is 0.176. The molecule has 0 aliphatic carbocycles. The van der Waals surface area contributed by atoms with E-state index in [2.05, 4.69) is 31.5 Å². The van der Waals surface area contributed by atoms with Gasteiger partial charge in [0.15, 0.2) is 0 Å². The third-order valence-corrected chi connectivity index (χ3v) is 4.35. The molecule has 0 fully saturated rings. The van der Waals surface area contributed by atoms with E-state index < -0.39 is 37.5 Å². The number of rotatable bonds is 7. The van der Waals surface area contributed by atoms with Crippen molar-refractivity contribution in [1.29, 1.82) is 0 Å². The van der Waals surface area contributed by atoms with E-state index in [1.54, 1.807) is 0 Å². The molecule has 0 saturated carbocycles. The second kappa shape index (κ2) is 7.95. The molecule has 0 bridgehead atoms. The third-order valence-electron chi connectivity index (χ3n) is 2.46. The Morgan fingerprint density at radius 2 is 1.90 bits per heavy atom. The summed E-state index contributed by atoms with van der Waals surface area (Å²) < 4.78 is 43.5. The zero-order chi connectivity index (χ0) is 16.8. The molecule has 0 radical (unpaired) electrons. The lowest BCUT2D eigenvalue weighted by molar-refractivity contribution is -0.144. The molecule has 0 unspecified atom stereocenters. The molecule has 4 nitrogen and oxygen atoms in total. The Balaban J connectivity index is 4.78. The third kappa shape index (κ3) is 7.63. The van der Waals surface area contributed by atoms with Crippen LogP contribution < -0.4 is 0 Å². The van der Waals surface area contributed by atoms with E-state index in [1.807, 2.05) is 0 Å². The number of ether oxygens (including phenoxy) is 1. The monoisotopic (exact) mass is 344 g/mol. The highest BCUT2D eigenvalue weighted by Gasteiger charge is 2.42. The molecular weight excluding hydrogens is 325 g/mol. The van der Waals surface area contributed by atoms with Crippen LogP contribution in [0.5, 0.6) is 0 Å². The van der Waals surface area contributed by atoms with Gasteiger partial charge in [-0.1, -0.05) is 31.2 Å². The molecule has 0 saturated heterocycles. The molecule has 0 spiro atoms. The fraction of sp³-hybridized carbons (Fsp3) is 0.667. The molecule has 21 heavy (non-hydrogen) atoms. The minimum Gasteiger partial charge on any atom is -0.359 e. The van der Waals surface area contributed by atoms with Crippen LogP contribution in [0, 0.1) is 0 Å². The van der Waals surface area contributed by atoms with Crippen molar-refractivity contribution in [2.75, 3.05) is 13.3 Å².